The molecule has 0 saturated carbocycles. The first-order chi connectivity index (χ1) is 20.8. The van der Waals surface area contributed by atoms with Crippen molar-refractivity contribution in [2.24, 2.45) is 5.92 Å². The lowest BCUT2D eigenvalue weighted by molar-refractivity contribution is 0.500. The van der Waals surface area contributed by atoms with Crippen molar-refractivity contribution in [2.45, 2.75) is 265 Å². The maximum Gasteiger partial charge on any atom is -0.0471 e. The number of rotatable bonds is 38. The summed E-state index contributed by atoms with van der Waals surface area (Å²) in [6, 6.07) is 0. The van der Waals surface area contributed by atoms with Gasteiger partial charge in [-0.15, -0.1) is 0 Å². The van der Waals surface area contributed by atoms with Crippen LogP contribution in [-0.4, -0.2) is 0 Å². The predicted molar refractivity (Wildman–Crippen MR) is 196 cm³/mol. The smallest absolute Gasteiger partial charge is 0.0471 e. The topological polar surface area (TPSA) is 0 Å². The van der Waals surface area contributed by atoms with Gasteiger partial charge < -0.3 is 0 Å². The Labute approximate surface area is 270 Å². The summed E-state index contributed by atoms with van der Waals surface area (Å²) in [5.74, 6) is 0.896. The fourth-order valence-electron chi connectivity index (χ4n) is 6.81. The fraction of sp³-hybridized carbons (Fsp3) is 1.00. The predicted octanol–water partition coefficient (Wildman–Crippen LogP) is 16.5. The van der Waals surface area contributed by atoms with E-state index in [0.29, 0.717) is 0 Å². The summed E-state index contributed by atoms with van der Waals surface area (Å²) >= 11 is 0. The number of hydrogen-bond acceptors (Lipinski definition) is 0. The normalized spacial score (nSPS) is 11.7. The average molecular weight is 591 g/mol. The Balaban J connectivity index is 3.03. The molecule has 0 amide bonds. The van der Waals surface area contributed by atoms with Gasteiger partial charge in [-0.05, 0) is 5.92 Å². The molecular weight excluding hydrogens is 504 g/mol. The van der Waals surface area contributed by atoms with E-state index in [4.69, 9.17) is 0 Å². The zero-order valence-electron chi connectivity index (χ0n) is 30.4. The highest BCUT2D eigenvalue weighted by molar-refractivity contribution is 4.53. The molecule has 0 bridgehead atoms. The lowest BCUT2D eigenvalue weighted by Crippen LogP contribution is -1.87. The molecule has 0 aliphatic rings. The highest BCUT2D eigenvalue weighted by atomic mass is 14.0. The Hall–Kier alpha value is 0. The van der Waals surface area contributed by atoms with Crippen LogP contribution in [0.25, 0.3) is 0 Å². The Bertz CT molecular complexity index is 437. The first-order valence-electron chi connectivity index (χ1n) is 20.8. The van der Waals surface area contributed by atoms with Crippen molar-refractivity contribution in [1.82, 2.24) is 0 Å². The standard InChI is InChI=1S/C42H86/c1-4-5-6-7-8-9-10-11-12-13-14-15-16-17-18-19-20-21-22-23-24-25-26-27-28-29-30-31-32-33-34-35-36-37-38-39-40-41-42(2)3/h42H,4-41H2,1-3H3. The molecule has 0 heterocycles. The van der Waals surface area contributed by atoms with E-state index in [2.05, 4.69) is 20.8 Å². The maximum atomic E-state index is 2.35. The molecule has 0 rings (SSSR count). The minimum atomic E-state index is 0.896. The van der Waals surface area contributed by atoms with Crippen LogP contribution in [0.4, 0.5) is 0 Å². The van der Waals surface area contributed by atoms with E-state index in [9.17, 15) is 0 Å². The zero-order chi connectivity index (χ0) is 30.4. The second kappa shape index (κ2) is 39.0. The first kappa shape index (κ1) is 42.0. The number of unbranched alkanes of at least 4 members (excludes halogenated alkanes) is 36. The van der Waals surface area contributed by atoms with Crippen molar-refractivity contribution in [3.63, 3.8) is 0 Å². The van der Waals surface area contributed by atoms with Gasteiger partial charge in [0.05, 0.1) is 0 Å². The van der Waals surface area contributed by atoms with Gasteiger partial charge in [0.1, 0.15) is 0 Å². The van der Waals surface area contributed by atoms with Crippen LogP contribution in [0, 0.1) is 5.92 Å². The van der Waals surface area contributed by atoms with Crippen LogP contribution >= 0.6 is 0 Å². The zero-order valence-corrected chi connectivity index (χ0v) is 30.4. The quantitative estimate of drug-likeness (QED) is 0.0627. The van der Waals surface area contributed by atoms with Crippen molar-refractivity contribution in [3.8, 4) is 0 Å². The Morgan fingerprint density at radius 3 is 0.500 bits per heavy atom. The molecule has 0 atom stereocenters. The van der Waals surface area contributed by atoms with E-state index in [-0.39, 0.29) is 0 Å². The van der Waals surface area contributed by atoms with Gasteiger partial charge in [0.2, 0.25) is 0 Å². The van der Waals surface area contributed by atoms with Gasteiger partial charge in [-0.3, -0.25) is 0 Å². The third-order valence-corrected chi connectivity index (χ3v) is 9.89. The molecule has 254 valence electrons. The molecule has 0 saturated heterocycles. The Morgan fingerprint density at radius 1 is 0.214 bits per heavy atom. The highest BCUT2D eigenvalue weighted by Gasteiger charge is 1.98. The summed E-state index contributed by atoms with van der Waals surface area (Å²) in [7, 11) is 0. The lowest BCUT2D eigenvalue weighted by atomic mass is 10.0. The SMILES string of the molecule is CCCCCCCCCCCCCCCCCCCCCCCCCCCCCCCCCCCCCCCC(C)C. The van der Waals surface area contributed by atoms with Crippen LogP contribution in [0.3, 0.4) is 0 Å². The summed E-state index contributed by atoms with van der Waals surface area (Å²) in [5, 5.41) is 0. The van der Waals surface area contributed by atoms with Crippen molar-refractivity contribution in [1.29, 1.82) is 0 Å². The monoisotopic (exact) mass is 591 g/mol. The molecule has 0 aromatic rings. The van der Waals surface area contributed by atoms with E-state index in [0.717, 1.165) is 5.92 Å². The molecule has 0 aliphatic carbocycles. The van der Waals surface area contributed by atoms with Gasteiger partial charge in [-0.2, -0.15) is 0 Å². The largest absolute Gasteiger partial charge is 0.0654 e. The summed E-state index contributed by atoms with van der Waals surface area (Å²) in [6.07, 6.45) is 56.4. The minimum absolute atomic E-state index is 0.896. The van der Waals surface area contributed by atoms with Crippen LogP contribution < -0.4 is 0 Å². The third-order valence-electron chi connectivity index (χ3n) is 9.89. The fourth-order valence-corrected chi connectivity index (χ4v) is 6.81. The Kier molecular flexibility index (Phi) is 39.0. The van der Waals surface area contributed by atoms with Gasteiger partial charge in [0.25, 0.3) is 0 Å². The van der Waals surface area contributed by atoms with Crippen molar-refractivity contribution in [2.75, 3.05) is 0 Å². The molecule has 0 aliphatic heterocycles. The first-order valence-corrected chi connectivity index (χ1v) is 20.8. The summed E-state index contributed by atoms with van der Waals surface area (Å²) in [4.78, 5) is 0. The molecule has 0 aromatic carbocycles. The van der Waals surface area contributed by atoms with Gasteiger partial charge in [0.15, 0.2) is 0 Å². The highest BCUT2D eigenvalue weighted by Crippen LogP contribution is 2.17. The van der Waals surface area contributed by atoms with Gasteiger partial charge in [0, 0.05) is 0 Å². The summed E-state index contributed by atoms with van der Waals surface area (Å²) in [5.41, 5.74) is 0. The van der Waals surface area contributed by atoms with Crippen molar-refractivity contribution < 1.29 is 0 Å². The molecule has 0 unspecified atom stereocenters. The van der Waals surface area contributed by atoms with Gasteiger partial charge >= 0.3 is 0 Å². The second-order valence-electron chi connectivity index (χ2n) is 14.9. The third kappa shape index (κ3) is 40.0. The van der Waals surface area contributed by atoms with Crippen molar-refractivity contribution >= 4 is 0 Å². The summed E-state index contributed by atoms with van der Waals surface area (Å²) in [6.45, 7) is 7.01. The molecule has 42 heavy (non-hydrogen) atoms. The maximum absolute atomic E-state index is 2.35. The van der Waals surface area contributed by atoms with E-state index in [1.165, 1.54) is 244 Å². The second-order valence-corrected chi connectivity index (χ2v) is 14.9. The molecule has 0 nitrogen and oxygen atoms in total. The molecule has 0 N–H and O–H groups in total. The van der Waals surface area contributed by atoms with Crippen LogP contribution in [0.5, 0.6) is 0 Å². The van der Waals surface area contributed by atoms with Crippen LogP contribution in [0.2, 0.25) is 0 Å². The van der Waals surface area contributed by atoms with Crippen LogP contribution in [0.1, 0.15) is 265 Å². The molecular formula is C42H86. The average Bonchev–Trinajstić information content (AvgIpc) is 2.98. The molecule has 0 spiro atoms. The Morgan fingerprint density at radius 2 is 0.357 bits per heavy atom. The van der Waals surface area contributed by atoms with Gasteiger partial charge in [-0.1, -0.05) is 265 Å². The van der Waals surface area contributed by atoms with E-state index in [1.807, 2.05) is 0 Å². The molecule has 0 aromatic heterocycles. The minimum Gasteiger partial charge on any atom is -0.0654 e. The number of hydrogen-bond donors (Lipinski definition) is 0. The van der Waals surface area contributed by atoms with Gasteiger partial charge in [-0.25, -0.2) is 0 Å². The summed E-state index contributed by atoms with van der Waals surface area (Å²) < 4.78 is 0. The lowest BCUT2D eigenvalue weighted by Gasteiger charge is -2.05. The molecule has 0 heteroatoms. The molecule has 0 radical (unpaired) electrons. The van der Waals surface area contributed by atoms with E-state index in [1.54, 1.807) is 0 Å². The van der Waals surface area contributed by atoms with Crippen molar-refractivity contribution in [3.05, 3.63) is 0 Å². The van der Waals surface area contributed by atoms with E-state index < -0.39 is 0 Å². The van der Waals surface area contributed by atoms with Crippen LogP contribution in [0.15, 0.2) is 0 Å². The molecule has 0 fully saturated rings. The van der Waals surface area contributed by atoms with E-state index >= 15 is 0 Å². The van der Waals surface area contributed by atoms with Crippen LogP contribution in [-0.2, 0) is 0 Å².